The highest BCUT2D eigenvalue weighted by atomic mass is 32.1. The lowest BCUT2D eigenvalue weighted by Crippen LogP contribution is -1.95. The molecule has 0 saturated carbocycles. The Labute approximate surface area is 117 Å². The molecule has 0 atom stereocenters. The van der Waals surface area contributed by atoms with Crippen LogP contribution in [0.4, 0.5) is 0 Å². The fourth-order valence-electron chi connectivity index (χ4n) is 1.97. The standard InChI is InChI=1S/C15H19NO2S/c1-4-18-12-8-6-5-7-11(12)15-16-14(10(2)3)13(9-17)19-15/h5-8,10,17H,4,9H2,1-3H3. The smallest absolute Gasteiger partial charge is 0.129 e. The first-order valence-corrected chi connectivity index (χ1v) is 7.31. The molecule has 19 heavy (non-hydrogen) atoms. The van der Waals surface area contributed by atoms with Gasteiger partial charge < -0.3 is 9.84 Å². The van der Waals surface area contributed by atoms with E-state index in [0.29, 0.717) is 12.5 Å². The highest BCUT2D eigenvalue weighted by Gasteiger charge is 2.16. The minimum atomic E-state index is 0.0436. The topological polar surface area (TPSA) is 42.4 Å². The van der Waals surface area contributed by atoms with Gasteiger partial charge in [-0.25, -0.2) is 4.98 Å². The molecule has 0 aliphatic heterocycles. The van der Waals surface area contributed by atoms with Crippen molar-refractivity contribution in [3.05, 3.63) is 34.8 Å². The fraction of sp³-hybridized carbons (Fsp3) is 0.400. The Morgan fingerprint density at radius 2 is 2.05 bits per heavy atom. The van der Waals surface area contributed by atoms with E-state index in [2.05, 4.69) is 18.8 Å². The fourth-order valence-corrected chi connectivity index (χ4v) is 3.07. The number of aliphatic hydroxyl groups is 1. The summed E-state index contributed by atoms with van der Waals surface area (Å²) in [6.45, 7) is 6.82. The van der Waals surface area contributed by atoms with Gasteiger partial charge in [0, 0.05) is 0 Å². The van der Waals surface area contributed by atoms with E-state index in [4.69, 9.17) is 4.74 Å². The summed E-state index contributed by atoms with van der Waals surface area (Å²) in [6.07, 6.45) is 0. The highest BCUT2D eigenvalue weighted by Crippen LogP contribution is 2.36. The highest BCUT2D eigenvalue weighted by molar-refractivity contribution is 7.15. The van der Waals surface area contributed by atoms with Crippen LogP contribution in [0.3, 0.4) is 0 Å². The summed E-state index contributed by atoms with van der Waals surface area (Å²) < 4.78 is 5.64. The number of rotatable bonds is 5. The van der Waals surface area contributed by atoms with Crippen molar-refractivity contribution in [3.8, 4) is 16.3 Å². The lowest BCUT2D eigenvalue weighted by molar-refractivity contribution is 0.283. The second-order valence-corrected chi connectivity index (χ2v) is 5.65. The number of nitrogens with zero attached hydrogens (tertiary/aromatic N) is 1. The van der Waals surface area contributed by atoms with Crippen LogP contribution in [0.2, 0.25) is 0 Å². The molecule has 2 aromatic rings. The molecule has 0 aliphatic rings. The van der Waals surface area contributed by atoms with Crippen LogP contribution >= 0.6 is 11.3 Å². The average molecular weight is 277 g/mol. The maximum absolute atomic E-state index is 9.44. The van der Waals surface area contributed by atoms with Gasteiger partial charge in [-0.15, -0.1) is 11.3 Å². The summed E-state index contributed by atoms with van der Waals surface area (Å²) in [5.74, 6) is 1.16. The molecule has 4 heteroatoms. The first-order chi connectivity index (χ1) is 9.17. The Bertz CT molecular complexity index is 549. The van der Waals surface area contributed by atoms with Crippen molar-refractivity contribution >= 4 is 11.3 Å². The van der Waals surface area contributed by atoms with Gasteiger partial charge in [0.05, 0.1) is 29.3 Å². The normalized spacial score (nSPS) is 11.0. The third-order valence-electron chi connectivity index (χ3n) is 2.84. The monoisotopic (exact) mass is 277 g/mol. The number of thiazole rings is 1. The molecule has 0 bridgehead atoms. The Hall–Kier alpha value is -1.39. The van der Waals surface area contributed by atoms with Crippen molar-refractivity contribution in [2.75, 3.05) is 6.61 Å². The van der Waals surface area contributed by atoms with E-state index in [1.807, 2.05) is 31.2 Å². The maximum Gasteiger partial charge on any atom is 0.129 e. The molecule has 0 amide bonds. The number of aliphatic hydroxyl groups excluding tert-OH is 1. The quantitative estimate of drug-likeness (QED) is 0.903. The largest absolute Gasteiger partial charge is 0.493 e. The van der Waals surface area contributed by atoms with Gasteiger partial charge in [-0.3, -0.25) is 0 Å². The Kier molecular flexibility index (Phi) is 4.56. The summed E-state index contributed by atoms with van der Waals surface area (Å²) >= 11 is 1.54. The third-order valence-corrected chi connectivity index (χ3v) is 3.92. The SMILES string of the molecule is CCOc1ccccc1-c1nc(C(C)C)c(CO)s1. The van der Waals surface area contributed by atoms with Crippen LogP contribution in [0.15, 0.2) is 24.3 Å². The van der Waals surface area contributed by atoms with E-state index in [-0.39, 0.29) is 6.61 Å². The van der Waals surface area contributed by atoms with E-state index < -0.39 is 0 Å². The van der Waals surface area contributed by atoms with Gasteiger partial charge in [0.15, 0.2) is 0 Å². The molecule has 3 nitrogen and oxygen atoms in total. The van der Waals surface area contributed by atoms with Crippen LogP contribution in [0, 0.1) is 0 Å². The van der Waals surface area contributed by atoms with Crippen LogP contribution in [0.5, 0.6) is 5.75 Å². The summed E-state index contributed by atoms with van der Waals surface area (Å²) in [4.78, 5) is 5.61. The number of ether oxygens (including phenoxy) is 1. The predicted octanol–water partition coefficient (Wildman–Crippen LogP) is 3.82. The van der Waals surface area contributed by atoms with Crippen molar-refractivity contribution < 1.29 is 9.84 Å². The summed E-state index contributed by atoms with van der Waals surface area (Å²) in [5.41, 5.74) is 1.98. The number of para-hydroxylation sites is 1. The van der Waals surface area contributed by atoms with Crippen LogP contribution < -0.4 is 4.74 Å². The van der Waals surface area contributed by atoms with Gasteiger partial charge >= 0.3 is 0 Å². The molecule has 0 aliphatic carbocycles. The minimum Gasteiger partial charge on any atom is -0.493 e. The number of aromatic nitrogens is 1. The third kappa shape index (κ3) is 2.96. The van der Waals surface area contributed by atoms with Gasteiger partial charge in [-0.1, -0.05) is 26.0 Å². The molecule has 0 spiro atoms. The zero-order chi connectivity index (χ0) is 13.8. The number of hydrogen-bond donors (Lipinski definition) is 1. The minimum absolute atomic E-state index is 0.0436. The van der Waals surface area contributed by atoms with Gasteiger partial charge in [-0.05, 0) is 25.0 Å². The maximum atomic E-state index is 9.44. The average Bonchev–Trinajstić information content (AvgIpc) is 2.84. The van der Waals surface area contributed by atoms with E-state index in [1.165, 1.54) is 11.3 Å². The molecular formula is C15H19NO2S. The molecular weight excluding hydrogens is 258 g/mol. The van der Waals surface area contributed by atoms with E-state index in [0.717, 1.165) is 26.9 Å². The Morgan fingerprint density at radius 1 is 1.32 bits per heavy atom. The Balaban J connectivity index is 2.47. The van der Waals surface area contributed by atoms with Gasteiger partial charge in [0.1, 0.15) is 10.8 Å². The zero-order valence-corrected chi connectivity index (χ0v) is 12.3. The van der Waals surface area contributed by atoms with Crippen molar-refractivity contribution in [2.24, 2.45) is 0 Å². The Morgan fingerprint density at radius 3 is 2.63 bits per heavy atom. The number of benzene rings is 1. The van der Waals surface area contributed by atoms with Crippen molar-refractivity contribution in [1.29, 1.82) is 0 Å². The van der Waals surface area contributed by atoms with Crippen LogP contribution in [0.25, 0.3) is 10.6 Å². The van der Waals surface area contributed by atoms with Crippen LogP contribution in [0.1, 0.15) is 37.3 Å². The molecule has 1 heterocycles. The zero-order valence-electron chi connectivity index (χ0n) is 11.5. The summed E-state index contributed by atoms with van der Waals surface area (Å²) in [7, 11) is 0. The van der Waals surface area contributed by atoms with Crippen molar-refractivity contribution in [1.82, 2.24) is 4.98 Å². The summed E-state index contributed by atoms with van der Waals surface area (Å²) in [5, 5.41) is 10.4. The molecule has 1 aromatic heterocycles. The molecule has 0 saturated heterocycles. The molecule has 2 rings (SSSR count). The van der Waals surface area contributed by atoms with Gasteiger partial charge in [0.25, 0.3) is 0 Å². The predicted molar refractivity (Wildman–Crippen MR) is 78.7 cm³/mol. The lowest BCUT2D eigenvalue weighted by atomic mass is 10.1. The van der Waals surface area contributed by atoms with Gasteiger partial charge in [-0.2, -0.15) is 0 Å². The molecule has 0 unspecified atom stereocenters. The molecule has 1 aromatic carbocycles. The van der Waals surface area contributed by atoms with E-state index in [1.54, 1.807) is 0 Å². The second-order valence-electron chi connectivity index (χ2n) is 4.57. The molecule has 1 N–H and O–H groups in total. The number of hydrogen-bond acceptors (Lipinski definition) is 4. The second kappa shape index (κ2) is 6.17. The van der Waals surface area contributed by atoms with Gasteiger partial charge in [0.2, 0.25) is 0 Å². The van der Waals surface area contributed by atoms with Crippen LogP contribution in [-0.4, -0.2) is 16.7 Å². The lowest BCUT2D eigenvalue weighted by Gasteiger charge is -2.07. The molecule has 0 fully saturated rings. The van der Waals surface area contributed by atoms with Crippen molar-refractivity contribution in [2.45, 2.75) is 33.3 Å². The first kappa shape index (κ1) is 14.0. The van der Waals surface area contributed by atoms with E-state index >= 15 is 0 Å². The molecule has 102 valence electrons. The van der Waals surface area contributed by atoms with Crippen LogP contribution in [-0.2, 0) is 6.61 Å². The summed E-state index contributed by atoms with van der Waals surface area (Å²) in [6, 6.07) is 7.90. The van der Waals surface area contributed by atoms with Crippen molar-refractivity contribution in [3.63, 3.8) is 0 Å². The van der Waals surface area contributed by atoms with E-state index in [9.17, 15) is 5.11 Å². The molecule has 0 radical (unpaired) electrons. The first-order valence-electron chi connectivity index (χ1n) is 6.50.